The summed E-state index contributed by atoms with van der Waals surface area (Å²) in [7, 11) is 1.30. The monoisotopic (exact) mass is 548 g/mol. The lowest BCUT2D eigenvalue weighted by molar-refractivity contribution is -0.136. The third kappa shape index (κ3) is 7.54. The second-order valence-corrected chi connectivity index (χ2v) is 9.16. The Balaban J connectivity index is 1.40. The van der Waals surface area contributed by atoms with Crippen LogP contribution in [0.3, 0.4) is 0 Å². The van der Waals surface area contributed by atoms with Crippen LogP contribution in [0.5, 0.6) is 0 Å². The number of benzene rings is 4. The van der Waals surface area contributed by atoms with E-state index in [9.17, 15) is 19.2 Å². The molecule has 0 heterocycles. The number of nitrogens with one attached hydrogen (secondary N) is 1. The molecule has 0 fully saturated rings. The Morgan fingerprint density at radius 1 is 0.780 bits per heavy atom. The summed E-state index contributed by atoms with van der Waals surface area (Å²) in [6, 6.07) is 27.8. The van der Waals surface area contributed by atoms with Crippen LogP contribution in [-0.4, -0.2) is 36.0 Å². The molecule has 0 aromatic heterocycles. The van der Waals surface area contributed by atoms with Gasteiger partial charge in [-0.25, -0.2) is 4.79 Å². The van der Waals surface area contributed by atoms with Crippen molar-refractivity contribution in [1.82, 2.24) is 0 Å². The minimum absolute atomic E-state index is 0.0277. The molecule has 0 bridgehead atoms. The Labute approximate surface area is 237 Å². The average Bonchev–Trinajstić information content (AvgIpc) is 2.97. The van der Waals surface area contributed by atoms with Crippen molar-refractivity contribution in [2.75, 3.05) is 17.3 Å². The van der Waals surface area contributed by atoms with E-state index >= 15 is 0 Å². The fraction of sp³-hybridized carbons (Fsp3) is 0.0909. The van der Waals surface area contributed by atoms with Crippen LogP contribution in [0.1, 0.15) is 44.3 Å². The SMILES string of the molecule is COC(=O)c1ccc(N(C(C)=O)c2ccc(C(=O)Nc3ccc(/C=C/c4cccc(CC(=O)O)c4)cc3)cc2)cc1. The molecule has 4 aromatic carbocycles. The molecule has 0 unspecified atom stereocenters. The molecular weight excluding hydrogens is 520 g/mol. The summed E-state index contributed by atoms with van der Waals surface area (Å²) in [4.78, 5) is 49.4. The van der Waals surface area contributed by atoms with Crippen molar-refractivity contribution in [3.63, 3.8) is 0 Å². The number of rotatable bonds is 9. The van der Waals surface area contributed by atoms with Gasteiger partial charge in [-0.05, 0) is 77.4 Å². The van der Waals surface area contributed by atoms with E-state index in [4.69, 9.17) is 9.84 Å². The lowest BCUT2D eigenvalue weighted by Gasteiger charge is -2.22. The number of aliphatic carboxylic acids is 1. The highest BCUT2D eigenvalue weighted by Crippen LogP contribution is 2.27. The fourth-order valence-corrected chi connectivity index (χ4v) is 4.19. The molecule has 2 amide bonds. The second kappa shape index (κ2) is 13.0. The van der Waals surface area contributed by atoms with Crippen molar-refractivity contribution in [3.05, 3.63) is 125 Å². The van der Waals surface area contributed by atoms with Crippen LogP contribution in [-0.2, 0) is 20.7 Å². The second-order valence-electron chi connectivity index (χ2n) is 9.16. The minimum Gasteiger partial charge on any atom is -0.481 e. The first-order chi connectivity index (χ1) is 19.7. The van der Waals surface area contributed by atoms with E-state index in [0.29, 0.717) is 28.2 Å². The lowest BCUT2D eigenvalue weighted by Crippen LogP contribution is -2.23. The van der Waals surface area contributed by atoms with Crippen molar-refractivity contribution >= 4 is 53.0 Å². The number of methoxy groups -OCH3 is 1. The highest BCUT2D eigenvalue weighted by molar-refractivity contribution is 6.05. The van der Waals surface area contributed by atoms with E-state index in [2.05, 4.69) is 5.32 Å². The highest BCUT2D eigenvalue weighted by atomic mass is 16.5. The Kier molecular flexibility index (Phi) is 9.06. The fourth-order valence-electron chi connectivity index (χ4n) is 4.19. The maximum Gasteiger partial charge on any atom is 0.337 e. The molecule has 0 saturated heterocycles. The zero-order chi connectivity index (χ0) is 29.4. The molecule has 8 nitrogen and oxygen atoms in total. The number of carbonyl (C=O) groups is 4. The first kappa shape index (κ1) is 28.5. The van der Waals surface area contributed by atoms with Gasteiger partial charge in [0.2, 0.25) is 5.91 Å². The first-order valence-corrected chi connectivity index (χ1v) is 12.7. The van der Waals surface area contributed by atoms with E-state index in [1.807, 2.05) is 42.5 Å². The van der Waals surface area contributed by atoms with E-state index in [1.165, 1.54) is 18.9 Å². The molecule has 0 aliphatic heterocycles. The zero-order valence-corrected chi connectivity index (χ0v) is 22.5. The summed E-state index contributed by atoms with van der Waals surface area (Å²) in [6.45, 7) is 1.43. The smallest absolute Gasteiger partial charge is 0.337 e. The van der Waals surface area contributed by atoms with Crippen LogP contribution in [0.15, 0.2) is 97.1 Å². The summed E-state index contributed by atoms with van der Waals surface area (Å²) < 4.78 is 4.72. The molecule has 4 rings (SSSR count). The zero-order valence-electron chi connectivity index (χ0n) is 22.5. The van der Waals surface area contributed by atoms with Crippen molar-refractivity contribution in [2.45, 2.75) is 13.3 Å². The highest BCUT2D eigenvalue weighted by Gasteiger charge is 2.16. The molecule has 8 heteroatoms. The summed E-state index contributed by atoms with van der Waals surface area (Å²) in [5, 5.41) is 11.8. The average molecular weight is 549 g/mol. The Hall–Kier alpha value is -5.50. The third-order valence-corrected chi connectivity index (χ3v) is 6.19. The van der Waals surface area contributed by atoms with Gasteiger partial charge in [-0.15, -0.1) is 0 Å². The molecule has 4 aromatic rings. The molecule has 41 heavy (non-hydrogen) atoms. The molecule has 0 atom stereocenters. The predicted octanol–water partition coefficient (Wildman–Crippen LogP) is 6.21. The van der Waals surface area contributed by atoms with Crippen molar-refractivity contribution < 1.29 is 29.0 Å². The summed E-state index contributed by atoms with van der Waals surface area (Å²) in [6.07, 6.45) is 3.78. The molecule has 0 saturated carbocycles. The standard InChI is InChI=1S/C33H28N2O6/c1-22(36)35(30-18-12-27(13-19-30)33(40)41-2)29-16-10-26(11-17-29)32(39)34-28-14-8-23(9-15-28)6-7-24-4-3-5-25(20-24)21-31(37)38/h3-20H,21H2,1-2H3,(H,34,39)(H,37,38)/b7-6+. The summed E-state index contributed by atoms with van der Waals surface area (Å²) >= 11 is 0. The van der Waals surface area contributed by atoms with Crippen molar-refractivity contribution in [3.8, 4) is 0 Å². The van der Waals surface area contributed by atoms with Gasteiger partial charge in [0.1, 0.15) is 0 Å². The molecular formula is C33H28N2O6. The number of amides is 2. The molecule has 0 aliphatic carbocycles. The van der Waals surface area contributed by atoms with Gasteiger partial charge in [-0.2, -0.15) is 0 Å². The van der Waals surface area contributed by atoms with Crippen LogP contribution in [0.4, 0.5) is 17.1 Å². The largest absolute Gasteiger partial charge is 0.481 e. The number of anilines is 3. The van der Waals surface area contributed by atoms with Gasteiger partial charge >= 0.3 is 11.9 Å². The number of esters is 1. The summed E-state index contributed by atoms with van der Waals surface area (Å²) in [5.41, 5.74) is 5.10. The van der Waals surface area contributed by atoms with Gasteiger partial charge in [0.25, 0.3) is 5.91 Å². The number of carbonyl (C=O) groups excluding carboxylic acids is 3. The van der Waals surface area contributed by atoms with Crippen LogP contribution in [0, 0.1) is 0 Å². The van der Waals surface area contributed by atoms with Crippen molar-refractivity contribution in [2.24, 2.45) is 0 Å². The van der Waals surface area contributed by atoms with Gasteiger partial charge in [-0.1, -0.05) is 48.6 Å². The maximum atomic E-state index is 12.8. The van der Waals surface area contributed by atoms with Gasteiger partial charge in [-0.3, -0.25) is 19.3 Å². The van der Waals surface area contributed by atoms with E-state index in [0.717, 1.165) is 16.7 Å². The van der Waals surface area contributed by atoms with Crippen LogP contribution >= 0.6 is 0 Å². The van der Waals surface area contributed by atoms with E-state index in [-0.39, 0.29) is 18.2 Å². The number of carboxylic acid groups (broad SMARTS) is 1. The molecule has 0 spiro atoms. The Bertz CT molecular complexity index is 1590. The van der Waals surface area contributed by atoms with Crippen LogP contribution < -0.4 is 10.2 Å². The Morgan fingerprint density at radius 3 is 1.93 bits per heavy atom. The topological polar surface area (TPSA) is 113 Å². The van der Waals surface area contributed by atoms with Gasteiger partial charge in [0, 0.05) is 29.5 Å². The summed E-state index contributed by atoms with van der Waals surface area (Å²) in [5.74, 6) is -1.86. The predicted molar refractivity (Wildman–Crippen MR) is 158 cm³/mol. The maximum absolute atomic E-state index is 12.8. The van der Waals surface area contributed by atoms with E-state index < -0.39 is 11.9 Å². The number of hydrogen-bond donors (Lipinski definition) is 2. The number of ether oxygens (including phenoxy) is 1. The lowest BCUT2D eigenvalue weighted by atomic mass is 10.1. The van der Waals surface area contributed by atoms with Crippen molar-refractivity contribution in [1.29, 1.82) is 0 Å². The van der Waals surface area contributed by atoms with Gasteiger partial charge < -0.3 is 15.2 Å². The first-order valence-electron chi connectivity index (χ1n) is 12.7. The third-order valence-electron chi connectivity index (χ3n) is 6.19. The Morgan fingerprint density at radius 2 is 1.37 bits per heavy atom. The number of nitrogens with zero attached hydrogens (tertiary/aromatic N) is 1. The number of hydrogen-bond acceptors (Lipinski definition) is 5. The van der Waals surface area contributed by atoms with Gasteiger partial charge in [0.05, 0.1) is 19.1 Å². The quantitative estimate of drug-likeness (QED) is 0.190. The molecule has 2 N–H and O–H groups in total. The number of carboxylic acids is 1. The van der Waals surface area contributed by atoms with Crippen LogP contribution in [0.25, 0.3) is 12.2 Å². The van der Waals surface area contributed by atoms with Crippen LogP contribution in [0.2, 0.25) is 0 Å². The molecule has 206 valence electrons. The molecule has 0 radical (unpaired) electrons. The van der Waals surface area contributed by atoms with E-state index in [1.54, 1.807) is 66.7 Å². The minimum atomic E-state index is -0.873. The van der Waals surface area contributed by atoms with Gasteiger partial charge in [0.15, 0.2) is 0 Å². The molecule has 0 aliphatic rings. The normalized spacial score (nSPS) is 10.7.